The lowest BCUT2D eigenvalue weighted by atomic mass is 10.1. The number of hydrogen-bond donors (Lipinski definition) is 1. The summed E-state index contributed by atoms with van der Waals surface area (Å²) in [6, 6.07) is 3.93. The maximum absolute atomic E-state index is 12.0. The van der Waals surface area contributed by atoms with Crippen LogP contribution in [0.15, 0.2) is 23.0 Å². The fourth-order valence-electron chi connectivity index (χ4n) is 1.87. The molecule has 8 nitrogen and oxygen atoms in total. The van der Waals surface area contributed by atoms with Crippen LogP contribution in [0.4, 0.5) is 5.69 Å². The van der Waals surface area contributed by atoms with Crippen molar-refractivity contribution in [3.8, 4) is 0 Å². The minimum atomic E-state index is -0.812. The maximum atomic E-state index is 12.0. The second-order valence-corrected chi connectivity index (χ2v) is 4.38. The van der Waals surface area contributed by atoms with Crippen molar-refractivity contribution in [2.75, 3.05) is 6.61 Å². The fraction of sp³-hybridized carbons (Fsp3) is 0.308. The lowest BCUT2D eigenvalue weighted by Crippen LogP contribution is -2.23. The van der Waals surface area contributed by atoms with Gasteiger partial charge < -0.3 is 9.72 Å². The van der Waals surface area contributed by atoms with E-state index in [2.05, 4.69) is 9.97 Å². The summed E-state index contributed by atoms with van der Waals surface area (Å²) in [5.74, 6) is -1.36. The molecule has 0 fully saturated rings. The number of benzene rings is 1. The number of H-pyrrole nitrogens is 1. The predicted octanol–water partition coefficient (Wildman–Crippen LogP) is 1.50. The molecule has 1 N–H and O–H groups in total. The Morgan fingerprint density at radius 2 is 2.24 bits per heavy atom. The third-order valence-corrected chi connectivity index (χ3v) is 2.96. The van der Waals surface area contributed by atoms with Crippen LogP contribution in [0.3, 0.4) is 0 Å². The van der Waals surface area contributed by atoms with Crippen LogP contribution in [0.2, 0.25) is 0 Å². The third kappa shape index (κ3) is 2.88. The van der Waals surface area contributed by atoms with Crippen LogP contribution < -0.4 is 5.56 Å². The van der Waals surface area contributed by atoms with E-state index in [1.807, 2.05) is 0 Å². The molecule has 8 heteroatoms. The molecule has 0 spiro atoms. The maximum Gasteiger partial charge on any atom is 0.314 e. The lowest BCUT2D eigenvalue weighted by Gasteiger charge is -2.09. The number of rotatable bonds is 4. The summed E-state index contributed by atoms with van der Waals surface area (Å²) in [4.78, 5) is 40.4. The molecule has 1 aromatic heterocycles. The van der Waals surface area contributed by atoms with E-state index in [1.54, 1.807) is 6.92 Å². The molecule has 0 saturated carbocycles. The Balaban J connectivity index is 2.51. The standard InChI is InChI=1S/C13H13N3O5/c1-3-21-13(18)7(2)11-12(17)15-10-6-8(16(19)20)4-5-9(10)14-11/h4-7H,3H2,1-2H3,(H,15,17). The molecular weight excluding hydrogens is 278 g/mol. The Hall–Kier alpha value is -2.77. The third-order valence-electron chi connectivity index (χ3n) is 2.96. The predicted molar refractivity (Wildman–Crippen MR) is 74.1 cm³/mol. The molecule has 110 valence electrons. The summed E-state index contributed by atoms with van der Waals surface area (Å²) in [7, 11) is 0. The molecule has 0 aliphatic carbocycles. The number of ether oxygens (including phenoxy) is 1. The van der Waals surface area contributed by atoms with Gasteiger partial charge in [0.2, 0.25) is 0 Å². The minimum absolute atomic E-state index is 0.0230. The second-order valence-electron chi connectivity index (χ2n) is 4.38. The Labute approximate surface area is 118 Å². The molecule has 2 rings (SSSR count). The summed E-state index contributed by atoms with van der Waals surface area (Å²) in [5.41, 5.74) is -0.0788. The fourth-order valence-corrected chi connectivity index (χ4v) is 1.87. The van der Waals surface area contributed by atoms with Crippen LogP contribution in [-0.4, -0.2) is 27.5 Å². The lowest BCUT2D eigenvalue weighted by molar-refractivity contribution is -0.384. The molecule has 1 unspecified atom stereocenters. The van der Waals surface area contributed by atoms with E-state index in [-0.39, 0.29) is 23.5 Å². The second kappa shape index (κ2) is 5.70. The minimum Gasteiger partial charge on any atom is -0.465 e. The summed E-state index contributed by atoms with van der Waals surface area (Å²) in [5, 5.41) is 10.7. The van der Waals surface area contributed by atoms with Crippen molar-refractivity contribution in [3.63, 3.8) is 0 Å². The van der Waals surface area contributed by atoms with Crippen LogP contribution in [0.5, 0.6) is 0 Å². The Bertz CT molecular complexity index is 768. The molecule has 0 amide bonds. The van der Waals surface area contributed by atoms with Gasteiger partial charge >= 0.3 is 5.97 Å². The van der Waals surface area contributed by atoms with Crippen molar-refractivity contribution in [2.45, 2.75) is 19.8 Å². The Kier molecular flexibility index (Phi) is 3.97. The molecule has 1 aromatic carbocycles. The van der Waals surface area contributed by atoms with Crippen molar-refractivity contribution >= 4 is 22.7 Å². The number of nitro groups is 1. The summed E-state index contributed by atoms with van der Waals surface area (Å²) < 4.78 is 4.85. The average Bonchev–Trinajstić information content (AvgIpc) is 2.45. The number of aromatic amines is 1. The monoisotopic (exact) mass is 291 g/mol. The van der Waals surface area contributed by atoms with Crippen LogP contribution in [0, 0.1) is 10.1 Å². The van der Waals surface area contributed by atoms with E-state index < -0.39 is 22.4 Å². The van der Waals surface area contributed by atoms with Crippen molar-refractivity contribution in [2.24, 2.45) is 0 Å². The van der Waals surface area contributed by atoms with E-state index in [0.29, 0.717) is 5.52 Å². The molecule has 1 atom stereocenters. The van der Waals surface area contributed by atoms with Crippen LogP contribution in [-0.2, 0) is 9.53 Å². The number of carbonyl (C=O) groups excluding carboxylic acids is 1. The van der Waals surface area contributed by atoms with Gasteiger partial charge in [-0.2, -0.15) is 0 Å². The highest BCUT2D eigenvalue weighted by Gasteiger charge is 2.22. The van der Waals surface area contributed by atoms with E-state index in [0.717, 1.165) is 0 Å². The van der Waals surface area contributed by atoms with Crippen LogP contribution >= 0.6 is 0 Å². The van der Waals surface area contributed by atoms with Gasteiger partial charge in [-0.05, 0) is 19.9 Å². The first kappa shape index (κ1) is 14.6. The zero-order chi connectivity index (χ0) is 15.6. The smallest absolute Gasteiger partial charge is 0.314 e. The number of carbonyl (C=O) groups is 1. The molecule has 0 bridgehead atoms. The Morgan fingerprint density at radius 3 is 2.86 bits per heavy atom. The molecular formula is C13H13N3O5. The molecule has 1 heterocycles. The van der Waals surface area contributed by atoms with E-state index >= 15 is 0 Å². The first-order valence-corrected chi connectivity index (χ1v) is 6.29. The van der Waals surface area contributed by atoms with Gasteiger partial charge in [0.1, 0.15) is 11.6 Å². The Morgan fingerprint density at radius 1 is 1.52 bits per heavy atom. The number of non-ortho nitro benzene ring substituents is 1. The van der Waals surface area contributed by atoms with E-state index in [9.17, 15) is 19.7 Å². The number of nitrogens with one attached hydrogen (secondary N) is 1. The largest absolute Gasteiger partial charge is 0.465 e. The number of nitrogens with zero attached hydrogens (tertiary/aromatic N) is 2. The van der Waals surface area contributed by atoms with Gasteiger partial charge in [-0.25, -0.2) is 4.98 Å². The van der Waals surface area contributed by atoms with Gasteiger partial charge in [-0.3, -0.25) is 19.7 Å². The van der Waals surface area contributed by atoms with E-state index in [1.165, 1.54) is 25.1 Å². The SMILES string of the molecule is CCOC(=O)C(C)c1nc2ccc([N+](=O)[O-])cc2[nH]c1=O. The molecule has 0 radical (unpaired) electrons. The van der Waals surface area contributed by atoms with Gasteiger partial charge in [0.05, 0.1) is 22.6 Å². The number of hydrogen-bond acceptors (Lipinski definition) is 6. The molecule has 21 heavy (non-hydrogen) atoms. The number of esters is 1. The number of aromatic nitrogens is 2. The number of fused-ring (bicyclic) bond motifs is 1. The van der Waals surface area contributed by atoms with Crippen molar-refractivity contribution < 1.29 is 14.5 Å². The van der Waals surface area contributed by atoms with Crippen LogP contribution in [0.25, 0.3) is 11.0 Å². The molecule has 2 aromatic rings. The highest BCUT2D eigenvalue weighted by molar-refractivity contribution is 5.80. The molecule has 0 aliphatic heterocycles. The average molecular weight is 291 g/mol. The zero-order valence-electron chi connectivity index (χ0n) is 11.5. The zero-order valence-corrected chi connectivity index (χ0v) is 11.5. The normalized spacial score (nSPS) is 12.1. The van der Waals surface area contributed by atoms with Gasteiger partial charge in [0, 0.05) is 12.1 Å². The van der Waals surface area contributed by atoms with Gasteiger partial charge in [0.15, 0.2) is 0 Å². The van der Waals surface area contributed by atoms with Crippen molar-refractivity contribution in [3.05, 3.63) is 44.4 Å². The summed E-state index contributed by atoms with van der Waals surface area (Å²) >= 11 is 0. The van der Waals surface area contributed by atoms with E-state index in [4.69, 9.17) is 4.74 Å². The number of nitro benzene ring substituents is 1. The van der Waals surface area contributed by atoms with Gasteiger partial charge in [-0.15, -0.1) is 0 Å². The highest BCUT2D eigenvalue weighted by atomic mass is 16.6. The first-order chi connectivity index (χ1) is 9.93. The highest BCUT2D eigenvalue weighted by Crippen LogP contribution is 2.19. The topological polar surface area (TPSA) is 115 Å². The first-order valence-electron chi connectivity index (χ1n) is 6.29. The molecule has 0 saturated heterocycles. The summed E-state index contributed by atoms with van der Waals surface area (Å²) in [6.07, 6.45) is 0. The van der Waals surface area contributed by atoms with Crippen molar-refractivity contribution in [1.29, 1.82) is 0 Å². The molecule has 0 aliphatic rings. The van der Waals surface area contributed by atoms with Crippen molar-refractivity contribution in [1.82, 2.24) is 9.97 Å². The van der Waals surface area contributed by atoms with Gasteiger partial charge in [0.25, 0.3) is 11.2 Å². The van der Waals surface area contributed by atoms with Crippen LogP contribution in [0.1, 0.15) is 25.5 Å². The quantitative estimate of drug-likeness (QED) is 0.518. The van der Waals surface area contributed by atoms with Gasteiger partial charge in [-0.1, -0.05) is 0 Å². The summed E-state index contributed by atoms with van der Waals surface area (Å²) in [6.45, 7) is 3.40.